The second kappa shape index (κ2) is 7.14. The van der Waals surface area contributed by atoms with E-state index in [1.807, 2.05) is 35.4 Å². The van der Waals surface area contributed by atoms with E-state index < -0.39 is 0 Å². The van der Waals surface area contributed by atoms with Crippen molar-refractivity contribution in [3.8, 4) is 0 Å². The number of halogens is 1. The van der Waals surface area contributed by atoms with Crippen LogP contribution in [-0.2, 0) is 22.5 Å². The van der Waals surface area contributed by atoms with Crippen LogP contribution in [0.15, 0.2) is 30.5 Å². The van der Waals surface area contributed by atoms with Gasteiger partial charge in [-0.05, 0) is 36.5 Å². The number of benzene rings is 1. The third-order valence-corrected chi connectivity index (χ3v) is 5.09. The third kappa shape index (κ3) is 4.02. The number of aromatic nitrogens is 3. The summed E-state index contributed by atoms with van der Waals surface area (Å²) in [6.45, 7) is 2.19. The van der Waals surface area contributed by atoms with Gasteiger partial charge in [0.05, 0.1) is 24.9 Å². The van der Waals surface area contributed by atoms with Crippen molar-refractivity contribution in [1.29, 1.82) is 0 Å². The minimum Gasteiger partial charge on any atom is -0.377 e. The summed E-state index contributed by atoms with van der Waals surface area (Å²) in [5, 5.41) is 9.01. The molecule has 1 aliphatic heterocycles. The van der Waals surface area contributed by atoms with Crippen LogP contribution in [0.4, 0.5) is 0 Å². The number of carbonyl (C=O) groups is 1. The molecule has 1 atom stereocenters. The first-order valence-electron chi connectivity index (χ1n) is 8.70. The molecule has 1 saturated heterocycles. The Morgan fingerprint density at radius 2 is 2.08 bits per heavy atom. The molecule has 1 unspecified atom stereocenters. The Balaban J connectivity index is 1.38. The van der Waals surface area contributed by atoms with Gasteiger partial charge < -0.3 is 9.64 Å². The first kappa shape index (κ1) is 16.5. The first-order chi connectivity index (χ1) is 12.2. The summed E-state index contributed by atoms with van der Waals surface area (Å²) in [6, 6.07) is 7.90. The van der Waals surface area contributed by atoms with Crippen molar-refractivity contribution in [2.75, 3.05) is 19.8 Å². The van der Waals surface area contributed by atoms with E-state index in [2.05, 4.69) is 10.3 Å². The molecule has 1 amide bonds. The second-order valence-corrected chi connectivity index (χ2v) is 7.21. The number of morpholine rings is 1. The third-order valence-electron chi connectivity index (χ3n) is 4.83. The van der Waals surface area contributed by atoms with Crippen LogP contribution in [0.1, 0.15) is 24.1 Å². The van der Waals surface area contributed by atoms with E-state index in [-0.39, 0.29) is 18.5 Å². The smallest absolute Gasteiger partial charge is 0.244 e. The summed E-state index contributed by atoms with van der Waals surface area (Å²) in [6.07, 6.45) is 4.92. The maximum Gasteiger partial charge on any atom is 0.244 e. The fourth-order valence-electron chi connectivity index (χ4n) is 3.34. The predicted molar refractivity (Wildman–Crippen MR) is 93.3 cm³/mol. The lowest BCUT2D eigenvalue weighted by molar-refractivity contribution is -0.141. The molecule has 0 radical (unpaired) electrons. The molecule has 0 N–H and O–H groups in total. The monoisotopic (exact) mass is 360 g/mol. The maximum absolute atomic E-state index is 12.7. The van der Waals surface area contributed by atoms with Gasteiger partial charge in [-0.3, -0.25) is 4.79 Å². The molecule has 0 bridgehead atoms. The van der Waals surface area contributed by atoms with E-state index in [0.29, 0.717) is 37.1 Å². The van der Waals surface area contributed by atoms with Crippen molar-refractivity contribution in [2.45, 2.75) is 31.8 Å². The first-order valence-corrected chi connectivity index (χ1v) is 9.07. The van der Waals surface area contributed by atoms with Crippen LogP contribution in [0, 0.1) is 5.92 Å². The Morgan fingerprint density at radius 3 is 2.84 bits per heavy atom. The van der Waals surface area contributed by atoms with Crippen molar-refractivity contribution < 1.29 is 9.53 Å². The highest BCUT2D eigenvalue weighted by Crippen LogP contribution is 2.36. The summed E-state index contributed by atoms with van der Waals surface area (Å²) in [5.74, 6) is 0.712. The van der Waals surface area contributed by atoms with Gasteiger partial charge in [0.2, 0.25) is 5.91 Å². The molecular formula is C18H21ClN4O2. The average Bonchev–Trinajstić information content (AvgIpc) is 3.38. The van der Waals surface area contributed by atoms with Crippen LogP contribution in [0.3, 0.4) is 0 Å². The zero-order chi connectivity index (χ0) is 17.2. The summed E-state index contributed by atoms with van der Waals surface area (Å²) in [4.78, 5) is 14.7. The Labute approximate surface area is 151 Å². The van der Waals surface area contributed by atoms with Gasteiger partial charge >= 0.3 is 0 Å². The highest BCUT2D eigenvalue weighted by molar-refractivity contribution is 6.30. The molecule has 0 spiro atoms. The number of amides is 1. The maximum atomic E-state index is 12.7. The highest BCUT2D eigenvalue weighted by atomic mass is 35.5. The van der Waals surface area contributed by atoms with Gasteiger partial charge in [0.25, 0.3) is 0 Å². The fraction of sp³-hybridized carbons (Fsp3) is 0.500. The van der Waals surface area contributed by atoms with Gasteiger partial charge in [-0.25, -0.2) is 4.68 Å². The minimum atomic E-state index is 0.100. The van der Waals surface area contributed by atoms with Gasteiger partial charge in [-0.2, -0.15) is 0 Å². The lowest BCUT2D eigenvalue weighted by atomic mass is 10.1. The molecule has 1 aromatic carbocycles. The fourth-order valence-corrected chi connectivity index (χ4v) is 3.47. The lowest BCUT2D eigenvalue weighted by Crippen LogP contribution is -2.50. The molecule has 2 fully saturated rings. The summed E-state index contributed by atoms with van der Waals surface area (Å²) in [7, 11) is 0. The largest absolute Gasteiger partial charge is 0.377 e. The van der Waals surface area contributed by atoms with Crippen molar-refractivity contribution >= 4 is 17.5 Å². The molecule has 1 aliphatic carbocycles. The summed E-state index contributed by atoms with van der Waals surface area (Å²) in [5.41, 5.74) is 1.96. The van der Waals surface area contributed by atoms with Crippen molar-refractivity contribution in [1.82, 2.24) is 19.9 Å². The van der Waals surface area contributed by atoms with E-state index in [1.165, 1.54) is 12.8 Å². The number of carbonyl (C=O) groups excluding carboxylic acids is 1. The van der Waals surface area contributed by atoms with E-state index >= 15 is 0 Å². The Morgan fingerprint density at radius 1 is 1.28 bits per heavy atom. The van der Waals surface area contributed by atoms with Gasteiger partial charge in [0.15, 0.2) is 0 Å². The molecule has 2 aromatic rings. The summed E-state index contributed by atoms with van der Waals surface area (Å²) >= 11 is 5.91. The molecule has 25 heavy (non-hydrogen) atoms. The van der Waals surface area contributed by atoms with Crippen LogP contribution in [0.2, 0.25) is 5.02 Å². The van der Waals surface area contributed by atoms with Crippen LogP contribution in [0.25, 0.3) is 0 Å². The quantitative estimate of drug-likeness (QED) is 0.819. The van der Waals surface area contributed by atoms with Crippen LogP contribution < -0.4 is 0 Å². The molecule has 4 rings (SSSR count). The van der Waals surface area contributed by atoms with Crippen LogP contribution in [0.5, 0.6) is 0 Å². The molecule has 6 nitrogen and oxygen atoms in total. The van der Waals surface area contributed by atoms with E-state index in [1.54, 1.807) is 4.68 Å². The lowest BCUT2D eigenvalue weighted by Gasteiger charge is -2.35. The number of hydrogen-bond acceptors (Lipinski definition) is 4. The van der Waals surface area contributed by atoms with Crippen molar-refractivity contribution in [3.63, 3.8) is 0 Å². The molecule has 132 valence electrons. The van der Waals surface area contributed by atoms with Gasteiger partial charge in [-0.1, -0.05) is 28.9 Å². The zero-order valence-corrected chi connectivity index (χ0v) is 14.7. The number of nitrogens with zero attached hydrogens (tertiary/aromatic N) is 4. The normalized spacial score (nSPS) is 20.7. The van der Waals surface area contributed by atoms with Gasteiger partial charge in [0.1, 0.15) is 6.54 Å². The predicted octanol–water partition coefficient (Wildman–Crippen LogP) is 2.16. The van der Waals surface area contributed by atoms with Crippen LogP contribution in [-0.4, -0.2) is 51.6 Å². The SMILES string of the molecule is O=C(Cn1cc(Cc2ccc(Cl)cc2)nn1)N1CCOCC1C1CC1. The van der Waals surface area contributed by atoms with Crippen LogP contribution >= 0.6 is 11.6 Å². The zero-order valence-electron chi connectivity index (χ0n) is 14.0. The Kier molecular flexibility index (Phi) is 4.72. The molecule has 1 saturated carbocycles. The van der Waals surface area contributed by atoms with Gasteiger partial charge in [-0.15, -0.1) is 5.10 Å². The Hall–Kier alpha value is -1.92. The summed E-state index contributed by atoms with van der Waals surface area (Å²) < 4.78 is 7.19. The minimum absolute atomic E-state index is 0.100. The average molecular weight is 361 g/mol. The van der Waals surface area contributed by atoms with E-state index in [9.17, 15) is 4.79 Å². The topological polar surface area (TPSA) is 60.2 Å². The molecule has 7 heteroatoms. The Bertz CT molecular complexity index is 742. The van der Waals surface area contributed by atoms with Crippen molar-refractivity contribution in [2.24, 2.45) is 5.92 Å². The van der Waals surface area contributed by atoms with E-state index in [4.69, 9.17) is 16.3 Å². The number of ether oxygens (including phenoxy) is 1. The molecule has 2 aliphatic rings. The standard InChI is InChI=1S/C18H21ClN4O2/c19-15-5-1-13(2-6-15)9-16-10-22(21-20-16)11-18(24)23-7-8-25-12-17(23)14-3-4-14/h1-2,5-6,10,14,17H,3-4,7-9,11-12H2. The van der Waals surface area contributed by atoms with E-state index in [0.717, 1.165) is 11.3 Å². The number of rotatable bonds is 5. The second-order valence-electron chi connectivity index (χ2n) is 6.78. The van der Waals surface area contributed by atoms with Gasteiger partial charge in [0, 0.05) is 24.2 Å². The number of hydrogen-bond donors (Lipinski definition) is 0. The molecular weight excluding hydrogens is 340 g/mol. The molecule has 1 aromatic heterocycles. The van der Waals surface area contributed by atoms with Crippen molar-refractivity contribution in [3.05, 3.63) is 46.7 Å². The molecule has 2 heterocycles. The highest BCUT2D eigenvalue weighted by Gasteiger charge is 2.39.